The Balaban J connectivity index is 2.43. The van der Waals surface area contributed by atoms with E-state index in [2.05, 4.69) is 10.6 Å². The molecule has 1 aliphatic rings. The van der Waals surface area contributed by atoms with Gasteiger partial charge in [-0.25, -0.2) is 0 Å². The number of carbonyl (C=O) groups excluding carboxylic acids is 2. The van der Waals surface area contributed by atoms with Crippen LogP contribution < -0.4 is 10.6 Å². The lowest BCUT2D eigenvalue weighted by molar-refractivity contribution is -0.145. The minimum absolute atomic E-state index is 0.00267. The Bertz CT molecular complexity index is 476. The molecule has 0 spiro atoms. The minimum Gasteiger partial charge on any atom is -0.481 e. The van der Waals surface area contributed by atoms with Crippen molar-refractivity contribution in [3.05, 3.63) is 11.8 Å². The van der Waals surface area contributed by atoms with Crippen LogP contribution >= 0.6 is 0 Å². The van der Waals surface area contributed by atoms with Crippen molar-refractivity contribution in [1.82, 2.24) is 15.5 Å². The SMILES string of the molecule is N#C/C(=C/NCCCNC=O)C(=O)N1CCC(C(=O)O)CC1. The highest BCUT2D eigenvalue weighted by Crippen LogP contribution is 2.18. The van der Waals surface area contributed by atoms with Crippen LogP contribution in [0.4, 0.5) is 0 Å². The van der Waals surface area contributed by atoms with Gasteiger partial charge in [-0.05, 0) is 19.3 Å². The summed E-state index contributed by atoms with van der Waals surface area (Å²) in [6.07, 6.45) is 3.47. The number of carbonyl (C=O) groups is 3. The molecule has 0 aromatic rings. The third-order valence-electron chi connectivity index (χ3n) is 3.45. The van der Waals surface area contributed by atoms with Gasteiger partial charge in [0.15, 0.2) is 0 Å². The largest absolute Gasteiger partial charge is 0.481 e. The second-order valence-corrected chi connectivity index (χ2v) is 4.95. The molecule has 0 atom stereocenters. The van der Waals surface area contributed by atoms with Crippen LogP contribution in [0.5, 0.6) is 0 Å². The van der Waals surface area contributed by atoms with Crippen LogP contribution in [0.15, 0.2) is 11.8 Å². The predicted octanol–water partition coefficient (Wildman–Crippen LogP) is -0.557. The number of carboxylic acid groups (broad SMARTS) is 1. The molecule has 8 nitrogen and oxygen atoms in total. The molecule has 1 saturated heterocycles. The van der Waals surface area contributed by atoms with Gasteiger partial charge >= 0.3 is 5.97 Å². The average Bonchev–Trinajstić information content (AvgIpc) is 2.54. The van der Waals surface area contributed by atoms with E-state index in [9.17, 15) is 14.4 Å². The summed E-state index contributed by atoms with van der Waals surface area (Å²) in [5, 5.41) is 23.3. The number of nitriles is 1. The summed E-state index contributed by atoms with van der Waals surface area (Å²) in [7, 11) is 0. The molecule has 1 fully saturated rings. The van der Waals surface area contributed by atoms with E-state index in [1.54, 1.807) is 0 Å². The Morgan fingerprint density at radius 1 is 1.27 bits per heavy atom. The summed E-state index contributed by atoms with van der Waals surface area (Å²) in [6, 6.07) is 1.85. The number of nitrogens with zero attached hydrogens (tertiary/aromatic N) is 2. The second kappa shape index (κ2) is 9.39. The first-order valence-corrected chi connectivity index (χ1v) is 7.13. The zero-order chi connectivity index (χ0) is 16.4. The van der Waals surface area contributed by atoms with Gasteiger partial charge in [0.05, 0.1) is 5.92 Å². The lowest BCUT2D eigenvalue weighted by Gasteiger charge is -2.29. The Kier molecular flexibility index (Phi) is 7.47. The van der Waals surface area contributed by atoms with E-state index in [0.29, 0.717) is 51.9 Å². The predicted molar refractivity (Wildman–Crippen MR) is 77.3 cm³/mol. The van der Waals surface area contributed by atoms with Gasteiger partial charge in [0.25, 0.3) is 5.91 Å². The zero-order valence-electron chi connectivity index (χ0n) is 12.2. The fraction of sp³-hybridized carbons (Fsp3) is 0.571. The molecule has 3 N–H and O–H groups in total. The van der Waals surface area contributed by atoms with Crippen molar-refractivity contribution < 1.29 is 19.5 Å². The molecule has 1 aliphatic heterocycles. The van der Waals surface area contributed by atoms with Gasteiger partial charge < -0.3 is 20.6 Å². The van der Waals surface area contributed by atoms with Crippen molar-refractivity contribution in [2.45, 2.75) is 19.3 Å². The summed E-state index contributed by atoms with van der Waals surface area (Å²) in [5.41, 5.74) is -0.00267. The molecular weight excluding hydrogens is 288 g/mol. The minimum atomic E-state index is -0.839. The third-order valence-corrected chi connectivity index (χ3v) is 3.45. The monoisotopic (exact) mass is 308 g/mol. The van der Waals surface area contributed by atoms with Gasteiger partial charge in [-0.2, -0.15) is 5.26 Å². The number of aliphatic carboxylic acids is 1. The highest BCUT2D eigenvalue weighted by Gasteiger charge is 2.28. The Labute approximate surface area is 128 Å². The van der Waals surface area contributed by atoms with E-state index in [4.69, 9.17) is 10.4 Å². The average molecular weight is 308 g/mol. The van der Waals surface area contributed by atoms with Gasteiger partial charge in [0.2, 0.25) is 6.41 Å². The van der Waals surface area contributed by atoms with Crippen molar-refractivity contribution in [2.75, 3.05) is 26.2 Å². The topological polar surface area (TPSA) is 123 Å². The number of hydrogen-bond donors (Lipinski definition) is 3. The maximum Gasteiger partial charge on any atom is 0.306 e. The first-order valence-electron chi connectivity index (χ1n) is 7.13. The van der Waals surface area contributed by atoms with Crippen molar-refractivity contribution >= 4 is 18.3 Å². The number of carboxylic acids is 1. The fourth-order valence-electron chi connectivity index (χ4n) is 2.17. The molecule has 0 saturated carbocycles. The van der Waals surface area contributed by atoms with Crippen molar-refractivity contribution in [3.8, 4) is 6.07 Å². The number of nitrogens with one attached hydrogen (secondary N) is 2. The number of rotatable bonds is 8. The standard InChI is InChI=1S/C14H20N4O4/c15-8-12(9-16-4-1-5-17-10-19)13(20)18-6-2-11(3-7-18)14(21)22/h9-11,16H,1-7H2,(H,17,19)(H,21,22)/b12-9-. The van der Waals surface area contributed by atoms with E-state index < -0.39 is 11.9 Å². The van der Waals surface area contributed by atoms with Crippen LogP contribution in [-0.4, -0.2) is 54.5 Å². The Hall–Kier alpha value is -2.56. The number of amides is 2. The molecule has 2 amide bonds. The van der Waals surface area contributed by atoms with E-state index in [1.165, 1.54) is 11.1 Å². The normalized spacial score (nSPS) is 15.8. The summed E-state index contributed by atoms with van der Waals surface area (Å²) in [5.74, 6) is -1.64. The summed E-state index contributed by atoms with van der Waals surface area (Å²) >= 11 is 0. The second-order valence-electron chi connectivity index (χ2n) is 4.95. The van der Waals surface area contributed by atoms with Crippen LogP contribution in [0.25, 0.3) is 0 Å². The number of piperidine rings is 1. The molecular formula is C14H20N4O4. The van der Waals surface area contributed by atoms with E-state index in [-0.39, 0.29) is 11.5 Å². The maximum absolute atomic E-state index is 12.2. The Morgan fingerprint density at radius 3 is 2.45 bits per heavy atom. The third kappa shape index (κ3) is 5.44. The van der Waals surface area contributed by atoms with Crippen LogP contribution in [-0.2, 0) is 14.4 Å². The van der Waals surface area contributed by atoms with Crippen molar-refractivity contribution in [1.29, 1.82) is 5.26 Å². The molecule has 8 heteroatoms. The molecule has 0 unspecified atom stereocenters. The van der Waals surface area contributed by atoms with Crippen LogP contribution in [0.1, 0.15) is 19.3 Å². The van der Waals surface area contributed by atoms with E-state index >= 15 is 0 Å². The maximum atomic E-state index is 12.2. The molecule has 120 valence electrons. The lowest BCUT2D eigenvalue weighted by Crippen LogP contribution is -2.41. The molecule has 0 aromatic carbocycles. The van der Waals surface area contributed by atoms with E-state index in [0.717, 1.165) is 0 Å². The summed E-state index contributed by atoms with van der Waals surface area (Å²) in [6.45, 7) is 1.74. The lowest BCUT2D eigenvalue weighted by atomic mass is 9.97. The molecule has 0 radical (unpaired) electrons. The highest BCUT2D eigenvalue weighted by molar-refractivity contribution is 5.97. The highest BCUT2D eigenvalue weighted by atomic mass is 16.4. The summed E-state index contributed by atoms with van der Waals surface area (Å²) < 4.78 is 0. The molecule has 1 rings (SSSR count). The zero-order valence-corrected chi connectivity index (χ0v) is 12.2. The van der Waals surface area contributed by atoms with Crippen LogP contribution in [0.3, 0.4) is 0 Å². The molecule has 0 aromatic heterocycles. The first-order chi connectivity index (χ1) is 10.6. The van der Waals surface area contributed by atoms with Gasteiger partial charge in [-0.15, -0.1) is 0 Å². The fourth-order valence-corrected chi connectivity index (χ4v) is 2.17. The van der Waals surface area contributed by atoms with E-state index in [1.807, 2.05) is 6.07 Å². The van der Waals surface area contributed by atoms with Crippen molar-refractivity contribution in [3.63, 3.8) is 0 Å². The van der Waals surface area contributed by atoms with Gasteiger partial charge in [0, 0.05) is 32.4 Å². The molecule has 0 aliphatic carbocycles. The van der Waals surface area contributed by atoms with Crippen LogP contribution in [0.2, 0.25) is 0 Å². The molecule has 1 heterocycles. The van der Waals surface area contributed by atoms with Crippen LogP contribution in [0, 0.1) is 17.2 Å². The Morgan fingerprint density at radius 2 is 1.91 bits per heavy atom. The molecule has 22 heavy (non-hydrogen) atoms. The first kappa shape index (κ1) is 17.5. The smallest absolute Gasteiger partial charge is 0.306 e. The molecule has 0 bridgehead atoms. The van der Waals surface area contributed by atoms with Crippen molar-refractivity contribution in [2.24, 2.45) is 5.92 Å². The van der Waals surface area contributed by atoms with Gasteiger partial charge in [0.1, 0.15) is 11.6 Å². The summed E-state index contributed by atoms with van der Waals surface area (Å²) in [4.78, 5) is 34.6. The number of hydrogen-bond acceptors (Lipinski definition) is 5. The van der Waals surface area contributed by atoms with Gasteiger partial charge in [-0.1, -0.05) is 0 Å². The quantitative estimate of drug-likeness (QED) is 0.239. The number of likely N-dealkylation sites (tertiary alicyclic amines) is 1. The van der Waals surface area contributed by atoms with Gasteiger partial charge in [-0.3, -0.25) is 14.4 Å².